The van der Waals surface area contributed by atoms with Gasteiger partial charge in [0.05, 0.1) is 19.9 Å². The molecular formula is C21H27N3O3. The molecule has 1 fully saturated rings. The van der Waals surface area contributed by atoms with Crippen LogP contribution in [0.1, 0.15) is 41.3 Å². The minimum absolute atomic E-state index is 0.0763. The molecule has 2 atom stereocenters. The third kappa shape index (κ3) is 3.40. The number of nitrogens with one attached hydrogen (secondary N) is 1. The molecule has 1 aromatic heterocycles. The molecule has 1 aliphatic heterocycles. The van der Waals surface area contributed by atoms with E-state index in [1.54, 1.807) is 14.2 Å². The van der Waals surface area contributed by atoms with Gasteiger partial charge in [0, 0.05) is 36.7 Å². The quantitative estimate of drug-likeness (QED) is 0.900. The van der Waals surface area contributed by atoms with Crippen LogP contribution in [0, 0.1) is 12.8 Å². The highest BCUT2D eigenvalue weighted by Crippen LogP contribution is 2.35. The van der Waals surface area contributed by atoms with Crippen molar-refractivity contribution in [2.24, 2.45) is 5.92 Å². The van der Waals surface area contributed by atoms with Gasteiger partial charge in [-0.25, -0.2) is 0 Å². The number of carbonyl (C=O) groups is 1. The SMILES string of the molecule is COc1cc(OC)cc(C2CCN(C(=O)C3CCc4n[nH]c(C)c4C3)C2)c1. The van der Waals surface area contributed by atoms with E-state index in [0.717, 1.165) is 61.7 Å². The number of hydrogen-bond acceptors (Lipinski definition) is 4. The van der Waals surface area contributed by atoms with Crippen molar-refractivity contribution in [1.82, 2.24) is 15.1 Å². The number of methoxy groups -OCH3 is 2. The summed E-state index contributed by atoms with van der Waals surface area (Å²) in [5, 5.41) is 7.42. The Hall–Kier alpha value is -2.50. The predicted molar refractivity (Wildman–Crippen MR) is 102 cm³/mol. The van der Waals surface area contributed by atoms with E-state index in [4.69, 9.17) is 9.47 Å². The molecule has 2 unspecified atom stereocenters. The number of amides is 1. The summed E-state index contributed by atoms with van der Waals surface area (Å²) in [6.45, 7) is 3.63. The van der Waals surface area contributed by atoms with E-state index in [-0.39, 0.29) is 5.92 Å². The normalized spacial score (nSPS) is 21.8. The van der Waals surface area contributed by atoms with Gasteiger partial charge < -0.3 is 14.4 Å². The average Bonchev–Trinajstić information content (AvgIpc) is 3.34. The predicted octanol–water partition coefficient (Wildman–Crippen LogP) is 2.86. The molecule has 0 radical (unpaired) electrons. The maximum Gasteiger partial charge on any atom is 0.226 e. The van der Waals surface area contributed by atoms with E-state index in [1.165, 1.54) is 11.1 Å². The molecule has 6 heteroatoms. The van der Waals surface area contributed by atoms with Gasteiger partial charge in [-0.1, -0.05) is 0 Å². The minimum atomic E-state index is 0.0763. The molecule has 27 heavy (non-hydrogen) atoms. The zero-order valence-corrected chi connectivity index (χ0v) is 16.2. The summed E-state index contributed by atoms with van der Waals surface area (Å²) in [5.74, 6) is 2.28. The highest BCUT2D eigenvalue weighted by molar-refractivity contribution is 5.80. The molecule has 0 bridgehead atoms. The number of aryl methyl sites for hydroxylation is 2. The molecule has 1 N–H and O–H groups in total. The van der Waals surface area contributed by atoms with Gasteiger partial charge in [-0.05, 0) is 55.9 Å². The summed E-state index contributed by atoms with van der Waals surface area (Å²) in [6.07, 6.45) is 3.57. The lowest BCUT2D eigenvalue weighted by atomic mass is 9.85. The van der Waals surface area contributed by atoms with Crippen LogP contribution in [0.25, 0.3) is 0 Å². The number of aromatic amines is 1. The van der Waals surface area contributed by atoms with Crippen LogP contribution in [0.4, 0.5) is 0 Å². The standard InChI is InChI=1S/C21H27N3O3/c1-13-19-10-14(4-5-20(19)23-22-13)21(25)24-7-6-15(12-24)16-8-17(26-2)11-18(9-16)27-3/h8-9,11,14-15H,4-7,10,12H2,1-3H3,(H,22,23). The Labute approximate surface area is 159 Å². The molecule has 1 aromatic carbocycles. The van der Waals surface area contributed by atoms with Gasteiger partial charge in [-0.15, -0.1) is 0 Å². The molecule has 0 saturated carbocycles. The molecule has 2 aliphatic rings. The molecule has 6 nitrogen and oxygen atoms in total. The van der Waals surface area contributed by atoms with Crippen molar-refractivity contribution in [1.29, 1.82) is 0 Å². The Morgan fingerprint density at radius 3 is 2.63 bits per heavy atom. The Bertz CT molecular complexity index is 823. The summed E-state index contributed by atoms with van der Waals surface area (Å²) in [7, 11) is 3.33. The number of hydrogen-bond donors (Lipinski definition) is 1. The van der Waals surface area contributed by atoms with Gasteiger partial charge in [0.1, 0.15) is 11.5 Å². The Morgan fingerprint density at radius 2 is 1.93 bits per heavy atom. The van der Waals surface area contributed by atoms with Crippen LogP contribution in [-0.2, 0) is 17.6 Å². The number of carbonyl (C=O) groups excluding carboxylic acids is 1. The molecule has 2 aromatic rings. The molecule has 1 saturated heterocycles. The zero-order chi connectivity index (χ0) is 19.0. The van der Waals surface area contributed by atoms with E-state index in [2.05, 4.69) is 22.3 Å². The molecule has 4 rings (SSSR count). The first-order chi connectivity index (χ1) is 13.1. The smallest absolute Gasteiger partial charge is 0.226 e. The highest BCUT2D eigenvalue weighted by atomic mass is 16.5. The Balaban J connectivity index is 1.45. The molecule has 1 aliphatic carbocycles. The number of H-pyrrole nitrogens is 1. The van der Waals surface area contributed by atoms with Crippen molar-refractivity contribution in [3.05, 3.63) is 40.7 Å². The summed E-state index contributed by atoms with van der Waals surface area (Å²) >= 11 is 0. The largest absolute Gasteiger partial charge is 0.497 e. The van der Waals surface area contributed by atoms with Crippen LogP contribution in [0.2, 0.25) is 0 Å². The van der Waals surface area contributed by atoms with Crippen LogP contribution >= 0.6 is 0 Å². The lowest BCUT2D eigenvalue weighted by Crippen LogP contribution is -2.37. The first-order valence-corrected chi connectivity index (χ1v) is 9.63. The molecule has 144 valence electrons. The number of ether oxygens (including phenoxy) is 2. The number of rotatable bonds is 4. The lowest BCUT2D eigenvalue weighted by Gasteiger charge is -2.26. The van der Waals surface area contributed by atoms with Crippen molar-refractivity contribution < 1.29 is 14.3 Å². The first-order valence-electron chi connectivity index (χ1n) is 9.63. The van der Waals surface area contributed by atoms with Crippen LogP contribution in [-0.4, -0.2) is 48.3 Å². The molecule has 2 heterocycles. The van der Waals surface area contributed by atoms with Crippen LogP contribution in [0.15, 0.2) is 18.2 Å². The number of benzene rings is 1. The molecule has 0 spiro atoms. The minimum Gasteiger partial charge on any atom is -0.497 e. The second-order valence-electron chi connectivity index (χ2n) is 7.63. The Morgan fingerprint density at radius 1 is 1.19 bits per heavy atom. The maximum absolute atomic E-state index is 13.1. The second-order valence-corrected chi connectivity index (χ2v) is 7.63. The van der Waals surface area contributed by atoms with Crippen LogP contribution in [0.5, 0.6) is 11.5 Å². The van der Waals surface area contributed by atoms with E-state index < -0.39 is 0 Å². The fourth-order valence-corrected chi connectivity index (χ4v) is 4.41. The van der Waals surface area contributed by atoms with Gasteiger partial charge in [0.15, 0.2) is 0 Å². The number of likely N-dealkylation sites (tertiary alicyclic amines) is 1. The summed E-state index contributed by atoms with van der Waals surface area (Å²) in [5.41, 5.74) is 4.66. The fourth-order valence-electron chi connectivity index (χ4n) is 4.41. The third-order valence-electron chi connectivity index (χ3n) is 6.03. The number of fused-ring (bicyclic) bond motifs is 1. The second kappa shape index (κ2) is 7.25. The van der Waals surface area contributed by atoms with E-state index in [0.29, 0.717) is 11.8 Å². The van der Waals surface area contributed by atoms with Gasteiger partial charge in [-0.2, -0.15) is 5.10 Å². The molecule has 1 amide bonds. The van der Waals surface area contributed by atoms with Gasteiger partial charge in [-0.3, -0.25) is 9.89 Å². The van der Waals surface area contributed by atoms with E-state index in [1.807, 2.05) is 17.9 Å². The van der Waals surface area contributed by atoms with Gasteiger partial charge in [0.2, 0.25) is 5.91 Å². The lowest BCUT2D eigenvalue weighted by molar-refractivity contribution is -0.134. The molecular weight excluding hydrogens is 342 g/mol. The van der Waals surface area contributed by atoms with E-state index >= 15 is 0 Å². The topological polar surface area (TPSA) is 67.5 Å². The Kier molecular flexibility index (Phi) is 4.81. The van der Waals surface area contributed by atoms with Gasteiger partial charge in [0.25, 0.3) is 0 Å². The monoisotopic (exact) mass is 369 g/mol. The van der Waals surface area contributed by atoms with Crippen molar-refractivity contribution >= 4 is 5.91 Å². The fraction of sp³-hybridized carbons (Fsp3) is 0.524. The van der Waals surface area contributed by atoms with Crippen molar-refractivity contribution in [2.75, 3.05) is 27.3 Å². The zero-order valence-electron chi connectivity index (χ0n) is 16.2. The van der Waals surface area contributed by atoms with Crippen molar-refractivity contribution in [2.45, 2.75) is 38.5 Å². The average molecular weight is 369 g/mol. The maximum atomic E-state index is 13.1. The highest BCUT2D eigenvalue weighted by Gasteiger charge is 2.34. The van der Waals surface area contributed by atoms with E-state index in [9.17, 15) is 4.79 Å². The van der Waals surface area contributed by atoms with Gasteiger partial charge >= 0.3 is 0 Å². The summed E-state index contributed by atoms with van der Waals surface area (Å²) in [4.78, 5) is 15.2. The summed E-state index contributed by atoms with van der Waals surface area (Å²) in [6, 6.07) is 6.00. The third-order valence-corrected chi connectivity index (χ3v) is 6.03. The first kappa shape index (κ1) is 17.9. The van der Waals surface area contributed by atoms with Crippen LogP contribution < -0.4 is 9.47 Å². The van der Waals surface area contributed by atoms with Crippen molar-refractivity contribution in [3.63, 3.8) is 0 Å². The number of aromatic nitrogens is 2. The number of nitrogens with zero attached hydrogens (tertiary/aromatic N) is 2. The summed E-state index contributed by atoms with van der Waals surface area (Å²) < 4.78 is 10.8. The van der Waals surface area contributed by atoms with Crippen LogP contribution in [0.3, 0.4) is 0 Å². The van der Waals surface area contributed by atoms with Crippen molar-refractivity contribution in [3.8, 4) is 11.5 Å².